The first-order chi connectivity index (χ1) is 17.5. The first-order valence-electron chi connectivity index (χ1n) is 11.5. The minimum Gasteiger partial charge on any atom is -0.760 e. The monoisotopic (exact) mass is 512 g/mol. The van der Waals surface area contributed by atoms with E-state index in [4.69, 9.17) is 13.9 Å². The highest BCUT2D eigenvalue weighted by Gasteiger charge is 2.22. The molecule has 190 valence electrons. The highest BCUT2D eigenvalue weighted by Crippen LogP contribution is 2.34. The maximum Gasteiger partial charge on any atom is 0.248 e. The summed E-state index contributed by atoms with van der Waals surface area (Å²) in [4.78, 5) is 6.60. The van der Waals surface area contributed by atoms with Crippen molar-refractivity contribution in [2.75, 3.05) is 26.8 Å². The molecule has 5 rings (SSSR count). The molecule has 0 bridgehead atoms. The van der Waals surface area contributed by atoms with Crippen LogP contribution in [0.5, 0.6) is 5.88 Å². The van der Waals surface area contributed by atoms with Crippen LogP contribution in [0, 0.1) is 0 Å². The number of rotatable bonds is 9. The average Bonchev–Trinajstić information content (AvgIpc) is 3.56. The zero-order valence-corrected chi connectivity index (χ0v) is 20.7. The molecule has 36 heavy (non-hydrogen) atoms. The molecule has 2 unspecified atom stereocenters. The van der Waals surface area contributed by atoms with E-state index >= 15 is 0 Å². The fraction of sp³-hybridized carbons (Fsp3) is 0.391. The van der Waals surface area contributed by atoms with Gasteiger partial charge in [0.2, 0.25) is 17.7 Å². The lowest BCUT2D eigenvalue weighted by Gasteiger charge is -2.31. The molecular formula is C23H26N7O5S-. The van der Waals surface area contributed by atoms with Gasteiger partial charge in [-0.3, -0.25) is 14.2 Å². The van der Waals surface area contributed by atoms with Crippen molar-refractivity contribution in [2.24, 2.45) is 0 Å². The number of ether oxygens (including phenoxy) is 2. The van der Waals surface area contributed by atoms with Crippen molar-refractivity contribution in [2.45, 2.75) is 32.5 Å². The summed E-state index contributed by atoms with van der Waals surface area (Å²) in [6.07, 6.45) is 4.57. The summed E-state index contributed by atoms with van der Waals surface area (Å²) in [6, 6.07) is 5.70. The Morgan fingerprint density at radius 2 is 2.17 bits per heavy atom. The number of aromatic nitrogens is 5. The maximum absolute atomic E-state index is 11.0. The molecule has 2 atom stereocenters. The van der Waals surface area contributed by atoms with Gasteiger partial charge in [0.05, 0.1) is 43.6 Å². The highest BCUT2D eigenvalue weighted by atomic mass is 32.2. The first-order valence-corrected chi connectivity index (χ1v) is 12.6. The topological polar surface area (TPSA) is 154 Å². The average molecular weight is 513 g/mol. The van der Waals surface area contributed by atoms with E-state index in [-0.39, 0.29) is 12.6 Å². The van der Waals surface area contributed by atoms with Gasteiger partial charge in [-0.25, -0.2) is 9.71 Å². The van der Waals surface area contributed by atoms with Crippen LogP contribution in [0.1, 0.15) is 24.8 Å². The molecule has 4 heterocycles. The summed E-state index contributed by atoms with van der Waals surface area (Å²) in [5.41, 5.74) is 3.71. The predicted octanol–water partition coefficient (Wildman–Crippen LogP) is 2.18. The third kappa shape index (κ3) is 5.29. The van der Waals surface area contributed by atoms with Crippen molar-refractivity contribution in [1.82, 2.24) is 35.0 Å². The number of pyridine rings is 1. The Hall–Kier alpha value is -3.23. The Kier molecular flexibility index (Phi) is 7.34. The van der Waals surface area contributed by atoms with E-state index in [0.29, 0.717) is 36.4 Å². The summed E-state index contributed by atoms with van der Waals surface area (Å²) in [5, 5.41) is 16.6. The SMILES string of the molecule is CCC1CN(Cc2nnc(-c3cc(-c4cnc(OC)c(CNS(=O)[O-])c4)cc4[nH]ncc34)o2)CCO1. The predicted molar refractivity (Wildman–Crippen MR) is 130 cm³/mol. The lowest BCUT2D eigenvalue weighted by atomic mass is 10.0. The van der Waals surface area contributed by atoms with E-state index in [9.17, 15) is 8.76 Å². The van der Waals surface area contributed by atoms with Gasteiger partial charge in [0.25, 0.3) is 0 Å². The van der Waals surface area contributed by atoms with Crippen molar-refractivity contribution < 1.29 is 22.7 Å². The Balaban J connectivity index is 1.46. The Labute approximate surface area is 209 Å². The molecule has 0 spiro atoms. The zero-order chi connectivity index (χ0) is 25.1. The number of nitrogens with zero attached hydrogens (tertiary/aromatic N) is 5. The van der Waals surface area contributed by atoms with Gasteiger partial charge in [-0.05, 0) is 30.2 Å². The van der Waals surface area contributed by atoms with Crippen molar-refractivity contribution in [1.29, 1.82) is 0 Å². The number of hydrogen-bond acceptors (Lipinski definition) is 10. The van der Waals surface area contributed by atoms with E-state index in [1.54, 1.807) is 12.4 Å². The molecule has 12 nitrogen and oxygen atoms in total. The molecule has 1 fully saturated rings. The summed E-state index contributed by atoms with van der Waals surface area (Å²) >= 11 is -2.41. The molecule has 3 aromatic heterocycles. The second-order valence-electron chi connectivity index (χ2n) is 8.44. The molecule has 2 N–H and O–H groups in total. The number of H-pyrrole nitrogens is 1. The molecule has 1 aliphatic heterocycles. The number of nitrogens with one attached hydrogen (secondary N) is 2. The van der Waals surface area contributed by atoms with Crippen LogP contribution in [0.3, 0.4) is 0 Å². The van der Waals surface area contributed by atoms with Crippen LogP contribution in [0.15, 0.2) is 35.0 Å². The van der Waals surface area contributed by atoms with Gasteiger partial charge in [-0.2, -0.15) is 5.10 Å². The van der Waals surface area contributed by atoms with E-state index < -0.39 is 11.3 Å². The van der Waals surface area contributed by atoms with E-state index in [0.717, 1.165) is 47.1 Å². The minimum atomic E-state index is -2.41. The third-order valence-electron chi connectivity index (χ3n) is 6.13. The zero-order valence-electron chi connectivity index (χ0n) is 19.9. The van der Waals surface area contributed by atoms with Crippen molar-refractivity contribution in [3.05, 3.63) is 42.0 Å². The van der Waals surface area contributed by atoms with Crippen LogP contribution in [0.25, 0.3) is 33.5 Å². The fourth-order valence-electron chi connectivity index (χ4n) is 4.29. The summed E-state index contributed by atoms with van der Waals surface area (Å²) in [6.45, 7) is 5.06. The van der Waals surface area contributed by atoms with Gasteiger partial charge < -0.3 is 18.4 Å². The van der Waals surface area contributed by atoms with Crippen molar-refractivity contribution in [3.63, 3.8) is 0 Å². The molecule has 0 aliphatic carbocycles. The lowest BCUT2D eigenvalue weighted by Crippen LogP contribution is -2.41. The van der Waals surface area contributed by atoms with Gasteiger partial charge >= 0.3 is 0 Å². The highest BCUT2D eigenvalue weighted by molar-refractivity contribution is 7.77. The van der Waals surface area contributed by atoms with Crippen LogP contribution in [0.2, 0.25) is 0 Å². The summed E-state index contributed by atoms with van der Waals surface area (Å²) < 4.78 is 41.4. The summed E-state index contributed by atoms with van der Waals surface area (Å²) in [7, 11) is 1.49. The van der Waals surface area contributed by atoms with E-state index in [2.05, 4.69) is 41.9 Å². The molecule has 1 aliphatic rings. The first kappa shape index (κ1) is 24.5. The van der Waals surface area contributed by atoms with Gasteiger partial charge in [0, 0.05) is 53.6 Å². The molecule has 0 radical (unpaired) electrons. The van der Waals surface area contributed by atoms with Crippen molar-refractivity contribution in [3.8, 4) is 28.5 Å². The Morgan fingerprint density at radius 1 is 1.28 bits per heavy atom. The molecule has 0 saturated carbocycles. The van der Waals surface area contributed by atoms with E-state index in [1.807, 2.05) is 18.2 Å². The number of hydrogen-bond donors (Lipinski definition) is 2. The minimum absolute atomic E-state index is 0.0483. The molecular weight excluding hydrogens is 486 g/mol. The summed E-state index contributed by atoms with van der Waals surface area (Å²) in [5.74, 6) is 1.27. The van der Waals surface area contributed by atoms with Crippen molar-refractivity contribution >= 4 is 22.2 Å². The molecule has 0 amide bonds. The second kappa shape index (κ2) is 10.8. The van der Waals surface area contributed by atoms with E-state index in [1.165, 1.54) is 7.11 Å². The maximum atomic E-state index is 11.0. The molecule has 1 saturated heterocycles. The standard InChI is InChI=1S/C23H27N7O5S/c1-3-17-12-30(4-5-34-17)13-21-28-29-23(35-21)18-7-14(8-20-19(18)11-25-27-20)15-6-16(10-26-36(31)32)22(33-2)24-9-15/h6-9,11,17,26H,3-5,10,12-13H2,1-2H3,(H,25,27)(H,31,32)/p-1. The van der Waals surface area contributed by atoms with Gasteiger partial charge in [-0.1, -0.05) is 6.92 Å². The molecule has 4 aromatic rings. The second-order valence-corrected chi connectivity index (χ2v) is 9.20. The lowest BCUT2D eigenvalue weighted by molar-refractivity contribution is -0.0346. The number of methoxy groups -OCH3 is 1. The molecule has 1 aromatic carbocycles. The number of aromatic amines is 1. The third-order valence-corrected chi connectivity index (χ3v) is 6.51. The van der Waals surface area contributed by atoms with Gasteiger partial charge in [0.1, 0.15) is 0 Å². The smallest absolute Gasteiger partial charge is 0.248 e. The van der Waals surface area contributed by atoms with Crippen LogP contribution < -0.4 is 9.46 Å². The number of fused-ring (bicyclic) bond motifs is 1. The largest absolute Gasteiger partial charge is 0.760 e. The van der Waals surface area contributed by atoms with Crippen LogP contribution in [-0.2, 0) is 29.1 Å². The Bertz CT molecular complexity index is 1370. The fourth-order valence-corrected chi connectivity index (χ4v) is 4.56. The van der Waals surface area contributed by atoms with Gasteiger partial charge in [-0.15, -0.1) is 10.2 Å². The van der Waals surface area contributed by atoms with Crippen LogP contribution >= 0.6 is 0 Å². The quantitative estimate of drug-likeness (QED) is 0.319. The molecule has 13 heteroatoms. The van der Waals surface area contributed by atoms with Crippen LogP contribution in [0.4, 0.5) is 0 Å². The number of benzene rings is 1. The van der Waals surface area contributed by atoms with Gasteiger partial charge in [0.15, 0.2) is 0 Å². The van der Waals surface area contributed by atoms with Crippen LogP contribution in [-0.4, -0.2) is 72.0 Å². The normalized spacial score (nSPS) is 17.5. The number of morpholine rings is 1. The Morgan fingerprint density at radius 3 is 2.97 bits per heavy atom.